The highest BCUT2D eigenvalue weighted by molar-refractivity contribution is 5.30. The van der Waals surface area contributed by atoms with Gasteiger partial charge < -0.3 is 14.2 Å². The minimum absolute atomic E-state index is 0.0907. The normalized spacial score (nSPS) is 22.7. The molecule has 2 aliphatic heterocycles. The largest absolute Gasteiger partial charge is 0.370 e. The van der Waals surface area contributed by atoms with Crippen LogP contribution in [-0.2, 0) is 27.1 Å². The number of epoxide rings is 2. The Morgan fingerprint density at radius 3 is 1.67 bits per heavy atom. The number of allylic oxidation sites excluding steroid dienone is 2. The van der Waals surface area contributed by atoms with E-state index < -0.39 is 0 Å². The first-order chi connectivity index (χ1) is 13.3. The summed E-state index contributed by atoms with van der Waals surface area (Å²) in [5.41, 5.74) is 4.79. The number of rotatable bonds is 10. The van der Waals surface area contributed by atoms with Crippen molar-refractivity contribution in [1.29, 1.82) is 0 Å². The van der Waals surface area contributed by atoms with Crippen LogP contribution in [0.1, 0.15) is 34.5 Å². The third-order valence-corrected chi connectivity index (χ3v) is 5.01. The molecule has 2 fully saturated rings. The Bertz CT molecular complexity index is 737. The highest BCUT2D eigenvalue weighted by Gasteiger charge is 2.42. The first-order valence-electron chi connectivity index (χ1n) is 9.56. The van der Waals surface area contributed by atoms with E-state index in [4.69, 9.17) is 14.2 Å². The van der Waals surface area contributed by atoms with Crippen molar-refractivity contribution in [1.82, 2.24) is 0 Å². The van der Waals surface area contributed by atoms with Crippen LogP contribution in [0.25, 0.3) is 0 Å². The maximum Gasteiger partial charge on any atom is 0.112 e. The molecule has 0 bridgehead atoms. The van der Waals surface area contributed by atoms with Crippen LogP contribution in [0.3, 0.4) is 0 Å². The molecule has 0 saturated carbocycles. The van der Waals surface area contributed by atoms with Gasteiger partial charge in [0.2, 0.25) is 0 Å². The topological polar surface area (TPSA) is 34.3 Å². The maximum absolute atomic E-state index is 6.64. The summed E-state index contributed by atoms with van der Waals surface area (Å²) < 4.78 is 17.9. The molecular weight excluding hydrogens is 336 g/mol. The Kier molecular flexibility index (Phi) is 5.53. The second-order valence-corrected chi connectivity index (χ2v) is 7.20. The zero-order chi connectivity index (χ0) is 18.6. The minimum Gasteiger partial charge on any atom is -0.370 e. The fraction of sp³-hybridized carbons (Fsp3) is 0.333. The number of ether oxygens (including phenoxy) is 3. The molecule has 140 valence electrons. The van der Waals surface area contributed by atoms with Gasteiger partial charge in [-0.2, -0.15) is 0 Å². The van der Waals surface area contributed by atoms with E-state index in [0.717, 1.165) is 37.2 Å². The lowest BCUT2D eigenvalue weighted by Crippen LogP contribution is -2.19. The van der Waals surface area contributed by atoms with Crippen molar-refractivity contribution in [3.63, 3.8) is 0 Å². The van der Waals surface area contributed by atoms with Gasteiger partial charge in [-0.05, 0) is 35.1 Å². The van der Waals surface area contributed by atoms with E-state index in [1.165, 1.54) is 11.1 Å². The van der Waals surface area contributed by atoms with Crippen LogP contribution < -0.4 is 0 Å². The molecule has 0 N–H and O–H groups in total. The van der Waals surface area contributed by atoms with Gasteiger partial charge in [-0.1, -0.05) is 60.7 Å². The lowest BCUT2D eigenvalue weighted by atomic mass is 9.99. The SMILES string of the molecule is C=CCc1cccc(C(OC(c2cccc(CC=C)c2)C2CO2)C2CO2)c1. The van der Waals surface area contributed by atoms with Crippen LogP contribution in [0.2, 0.25) is 0 Å². The number of benzene rings is 2. The van der Waals surface area contributed by atoms with Gasteiger partial charge in [0.1, 0.15) is 24.4 Å². The standard InChI is InChI=1S/C24H26O3/c1-3-7-17-9-5-11-19(13-17)23(21-15-25-21)27-24(22-16-26-22)20-12-6-10-18(14-20)8-4-2/h3-6,9-14,21-24H,1-2,7-8,15-16H2. The summed E-state index contributed by atoms with van der Waals surface area (Å²) in [6, 6.07) is 17.1. The van der Waals surface area contributed by atoms with Crippen LogP contribution in [0.15, 0.2) is 73.8 Å². The molecule has 2 aromatic rings. The van der Waals surface area contributed by atoms with E-state index in [-0.39, 0.29) is 24.4 Å². The van der Waals surface area contributed by atoms with Gasteiger partial charge >= 0.3 is 0 Å². The average molecular weight is 362 g/mol. The molecule has 27 heavy (non-hydrogen) atoms. The first kappa shape index (κ1) is 18.2. The summed E-state index contributed by atoms with van der Waals surface area (Å²) in [5, 5.41) is 0. The molecule has 2 aromatic carbocycles. The highest BCUT2D eigenvalue weighted by atomic mass is 16.6. The zero-order valence-electron chi connectivity index (χ0n) is 15.6. The predicted octanol–water partition coefficient (Wildman–Crippen LogP) is 4.74. The van der Waals surface area contributed by atoms with E-state index in [2.05, 4.69) is 61.7 Å². The van der Waals surface area contributed by atoms with Crippen LogP contribution in [0.5, 0.6) is 0 Å². The zero-order valence-corrected chi connectivity index (χ0v) is 15.6. The second kappa shape index (κ2) is 8.22. The van der Waals surface area contributed by atoms with Crippen molar-refractivity contribution in [2.75, 3.05) is 13.2 Å². The Morgan fingerprint density at radius 2 is 1.30 bits per heavy atom. The lowest BCUT2D eigenvalue weighted by molar-refractivity contribution is -0.0419. The third-order valence-electron chi connectivity index (χ3n) is 5.01. The first-order valence-corrected chi connectivity index (χ1v) is 9.56. The summed E-state index contributed by atoms with van der Waals surface area (Å²) in [5.74, 6) is 0. The third kappa shape index (κ3) is 4.56. The molecular formula is C24H26O3. The number of hydrogen-bond acceptors (Lipinski definition) is 3. The van der Waals surface area contributed by atoms with E-state index >= 15 is 0 Å². The van der Waals surface area contributed by atoms with Gasteiger partial charge in [-0.25, -0.2) is 0 Å². The van der Waals surface area contributed by atoms with Crippen LogP contribution in [0, 0.1) is 0 Å². The van der Waals surface area contributed by atoms with Gasteiger partial charge in [-0.15, -0.1) is 13.2 Å². The molecule has 4 unspecified atom stereocenters. The van der Waals surface area contributed by atoms with E-state index in [1.54, 1.807) is 0 Å². The Labute approximate surface area is 161 Å². The molecule has 2 aliphatic rings. The molecule has 0 spiro atoms. The molecule has 3 nitrogen and oxygen atoms in total. The van der Waals surface area contributed by atoms with Crippen molar-refractivity contribution in [2.45, 2.75) is 37.3 Å². The quantitative estimate of drug-likeness (QED) is 0.452. The molecule has 4 atom stereocenters. The maximum atomic E-state index is 6.64. The fourth-order valence-electron chi connectivity index (χ4n) is 3.51. The summed E-state index contributed by atoms with van der Waals surface area (Å²) in [4.78, 5) is 0. The van der Waals surface area contributed by atoms with Gasteiger partial charge in [0.15, 0.2) is 0 Å². The molecule has 2 heterocycles. The van der Waals surface area contributed by atoms with Crippen LogP contribution >= 0.6 is 0 Å². The Balaban J connectivity index is 1.59. The van der Waals surface area contributed by atoms with Crippen molar-refractivity contribution in [2.24, 2.45) is 0 Å². The van der Waals surface area contributed by atoms with Crippen molar-refractivity contribution in [3.05, 3.63) is 96.1 Å². The summed E-state index contributed by atoms with van der Waals surface area (Å²) >= 11 is 0. The summed E-state index contributed by atoms with van der Waals surface area (Å²) in [6.45, 7) is 9.16. The van der Waals surface area contributed by atoms with Gasteiger partial charge in [0, 0.05) is 0 Å². The molecule has 0 radical (unpaired) electrons. The van der Waals surface area contributed by atoms with E-state index in [9.17, 15) is 0 Å². The molecule has 0 amide bonds. The smallest absolute Gasteiger partial charge is 0.112 e. The van der Waals surface area contributed by atoms with Crippen molar-refractivity contribution in [3.8, 4) is 0 Å². The predicted molar refractivity (Wildman–Crippen MR) is 107 cm³/mol. The molecule has 3 heteroatoms. The van der Waals surface area contributed by atoms with Gasteiger partial charge in [0.25, 0.3) is 0 Å². The molecule has 2 saturated heterocycles. The molecule has 4 rings (SSSR count). The van der Waals surface area contributed by atoms with Gasteiger partial charge in [0.05, 0.1) is 13.2 Å². The monoisotopic (exact) mass is 362 g/mol. The van der Waals surface area contributed by atoms with Crippen LogP contribution in [-0.4, -0.2) is 25.4 Å². The van der Waals surface area contributed by atoms with E-state index in [1.807, 2.05) is 12.2 Å². The molecule has 0 aliphatic carbocycles. The Hall–Kier alpha value is -2.20. The van der Waals surface area contributed by atoms with Crippen molar-refractivity contribution >= 4 is 0 Å². The number of hydrogen-bond donors (Lipinski definition) is 0. The summed E-state index contributed by atoms with van der Waals surface area (Å²) in [6.07, 6.45) is 5.60. The minimum atomic E-state index is -0.0907. The summed E-state index contributed by atoms with van der Waals surface area (Å²) in [7, 11) is 0. The van der Waals surface area contributed by atoms with E-state index in [0.29, 0.717) is 0 Å². The van der Waals surface area contributed by atoms with Crippen LogP contribution in [0.4, 0.5) is 0 Å². The second-order valence-electron chi connectivity index (χ2n) is 7.20. The fourth-order valence-corrected chi connectivity index (χ4v) is 3.51. The average Bonchev–Trinajstić information content (AvgIpc) is 3.57. The highest BCUT2D eigenvalue weighted by Crippen LogP contribution is 2.40. The lowest BCUT2D eigenvalue weighted by Gasteiger charge is -2.24. The van der Waals surface area contributed by atoms with Gasteiger partial charge in [-0.3, -0.25) is 0 Å². The Morgan fingerprint density at radius 1 is 0.852 bits per heavy atom. The van der Waals surface area contributed by atoms with Crippen molar-refractivity contribution < 1.29 is 14.2 Å². The molecule has 0 aromatic heterocycles.